The van der Waals surface area contributed by atoms with Gasteiger partial charge in [0, 0.05) is 17.0 Å². The average Bonchev–Trinajstić information content (AvgIpc) is 2.83. The van der Waals surface area contributed by atoms with Crippen LogP contribution in [0.5, 0.6) is 11.5 Å². The number of para-hydroxylation sites is 1. The lowest BCUT2D eigenvalue weighted by Gasteiger charge is -2.16. The average molecular weight is 412 g/mol. The third-order valence-electron chi connectivity index (χ3n) is 5.29. The van der Waals surface area contributed by atoms with Crippen molar-refractivity contribution in [3.05, 3.63) is 90.0 Å². The number of aromatic nitrogens is 1. The van der Waals surface area contributed by atoms with Crippen LogP contribution in [0.25, 0.3) is 22.2 Å². The van der Waals surface area contributed by atoms with Gasteiger partial charge < -0.3 is 14.8 Å². The van der Waals surface area contributed by atoms with Crippen molar-refractivity contribution >= 4 is 16.8 Å². The van der Waals surface area contributed by atoms with Crippen LogP contribution < -0.4 is 14.8 Å². The van der Waals surface area contributed by atoms with E-state index in [1.807, 2.05) is 85.8 Å². The molecule has 5 heteroatoms. The number of rotatable bonds is 6. The van der Waals surface area contributed by atoms with Crippen LogP contribution in [0.4, 0.5) is 0 Å². The van der Waals surface area contributed by atoms with Crippen molar-refractivity contribution in [2.75, 3.05) is 14.2 Å². The number of benzene rings is 3. The molecular weight excluding hydrogens is 388 g/mol. The zero-order chi connectivity index (χ0) is 21.8. The number of nitrogens with one attached hydrogen (secondary N) is 1. The summed E-state index contributed by atoms with van der Waals surface area (Å²) >= 11 is 0. The molecule has 0 aliphatic heterocycles. The molecule has 1 N–H and O–H groups in total. The molecule has 0 unspecified atom stereocenters. The molecule has 0 spiro atoms. The summed E-state index contributed by atoms with van der Waals surface area (Å²) in [5.41, 5.74) is 3.82. The first kappa shape index (κ1) is 20.4. The quantitative estimate of drug-likeness (QED) is 0.460. The Labute approximate surface area is 181 Å². The van der Waals surface area contributed by atoms with Crippen LogP contribution in [-0.4, -0.2) is 25.1 Å². The Balaban J connectivity index is 1.78. The van der Waals surface area contributed by atoms with Gasteiger partial charge in [-0.05, 0) is 36.8 Å². The first-order valence-electron chi connectivity index (χ1n) is 10.1. The minimum Gasteiger partial charge on any atom is -0.497 e. The van der Waals surface area contributed by atoms with E-state index in [-0.39, 0.29) is 11.9 Å². The van der Waals surface area contributed by atoms with Gasteiger partial charge in [0.25, 0.3) is 5.91 Å². The van der Waals surface area contributed by atoms with Gasteiger partial charge in [-0.25, -0.2) is 4.98 Å². The molecule has 31 heavy (non-hydrogen) atoms. The fraction of sp³-hybridized carbons (Fsp3) is 0.154. The number of hydrogen-bond donors (Lipinski definition) is 1. The number of methoxy groups -OCH3 is 2. The number of fused-ring (bicyclic) bond motifs is 1. The van der Waals surface area contributed by atoms with Crippen molar-refractivity contribution < 1.29 is 14.3 Å². The van der Waals surface area contributed by atoms with Crippen LogP contribution in [0.3, 0.4) is 0 Å². The Morgan fingerprint density at radius 1 is 0.903 bits per heavy atom. The molecule has 156 valence electrons. The molecule has 1 aromatic heterocycles. The van der Waals surface area contributed by atoms with Crippen LogP contribution in [0, 0.1) is 0 Å². The van der Waals surface area contributed by atoms with E-state index in [1.165, 1.54) is 0 Å². The molecule has 0 bridgehead atoms. The molecular formula is C26H24N2O3. The standard InChI is InChI=1S/C26H24N2O3/c1-17(18-9-5-4-6-10-18)27-26(29)22-16-24(28-23-12-8-7-11-20(22)23)21-14-13-19(30-2)15-25(21)31-3/h4-17H,1-3H3,(H,27,29)/t17-/m0/s1. The van der Waals surface area contributed by atoms with E-state index in [4.69, 9.17) is 14.5 Å². The highest BCUT2D eigenvalue weighted by molar-refractivity contribution is 6.07. The minimum absolute atomic E-state index is 0.125. The number of carbonyl (C=O) groups excluding carboxylic acids is 1. The summed E-state index contributed by atoms with van der Waals surface area (Å²) in [6.45, 7) is 1.98. The van der Waals surface area contributed by atoms with Gasteiger partial charge in [0.2, 0.25) is 0 Å². The zero-order valence-corrected chi connectivity index (χ0v) is 17.8. The smallest absolute Gasteiger partial charge is 0.252 e. The third kappa shape index (κ3) is 4.21. The number of amides is 1. The lowest BCUT2D eigenvalue weighted by atomic mass is 10.0. The molecule has 0 aliphatic carbocycles. The van der Waals surface area contributed by atoms with Gasteiger partial charge in [-0.2, -0.15) is 0 Å². The number of carbonyl (C=O) groups is 1. The maximum atomic E-state index is 13.3. The van der Waals surface area contributed by atoms with Gasteiger partial charge in [-0.3, -0.25) is 4.79 Å². The molecule has 0 saturated carbocycles. The summed E-state index contributed by atoms with van der Waals surface area (Å²) in [5.74, 6) is 1.17. The van der Waals surface area contributed by atoms with E-state index in [0.29, 0.717) is 22.8 Å². The second-order valence-corrected chi connectivity index (χ2v) is 7.24. The van der Waals surface area contributed by atoms with E-state index in [1.54, 1.807) is 14.2 Å². The summed E-state index contributed by atoms with van der Waals surface area (Å²) in [4.78, 5) is 18.1. The number of pyridine rings is 1. The van der Waals surface area contributed by atoms with Crippen molar-refractivity contribution in [1.29, 1.82) is 0 Å². The number of hydrogen-bond acceptors (Lipinski definition) is 4. The van der Waals surface area contributed by atoms with Crippen LogP contribution in [0.1, 0.15) is 28.9 Å². The summed E-state index contributed by atoms with van der Waals surface area (Å²) in [7, 11) is 3.22. The molecule has 3 aromatic carbocycles. The van der Waals surface area contributed by atoms with Crippen LogP contribution >= 0.6 is 0 Å². The highest BCUT2D eigenvalue weighted by atomic mass is 16.5. The van der Waals surface area contributed by atoms with E-state index < -0.39 is 0 Å². The number of nitrogens with zero attached hydrogens (tertiary/aromatic N) is 1. The zero-order valence-electron chi connectivity index (χ0n) is 17.8. The normalized spacial score (nSPS) is 11.7. The third-order valence-corrected chi connectivity index (χ3v) is 5.29. The van der Waals surface area contributed by atoms with Crippen LogP contribution in [-0.2, 0) is 0 Å². The maximum Gasteiger partial charge on any atom is 0.252 e. The van der Waals surface area contributed by atoms with Crippen molar-refractivity contribution in [3.63, 3.8) is 0 Å². The molecule has 4 rings (SSSR count). The molecule has 0 aliphatic rings. The van der Waals surface area contributed by atoms with Crippen molar-refractivity contribution in [2.45, 2.75) is 13.0 Å². The summed E-state index contributed by atoms with van der Waals surface area (Å²) in [6, 6.07) is 24.8. The molecule has 1 amide bonds. The van der Waals surface area contributed by atoms with Gasteiger partial charge in [-0.15, -0.1) is 0 Å². The minimum atomic E-state index is -0.149. The lowest BCUT2D eigenvalue weighted by Crippen LogP contribution is -2.27. The molecule has 0 radical (unpaired) electrons. The fourth-order valence-electron chi connectivity index (χ4n) is 3.61. The molecule has 0 saturated heterocycles. The van der Waals surface area contributed by atoms with Crippen LogP contribution in [0.2, 0.25) is 0 Å². The van der Waals surface area contributed by atoms with Gasteiger partial charge in [0.05, 0.1) is 37.0 Å². The Bertz CT molecular complexity index is 1220. The Hall–Kier alpha value is -3.86. The molecule has 1 atom stereocenters. The van der Waals surface area contributed by atoms with Gasteiger partial charge >= 0.3 is 0 Å². The first-order chi connectivity index (χ1) is 15.1. The molecule has 0 fully saturated rings. The Morgan fingerprint density at radius 2 is 1.65 bits per heavy atom. The molecule has 1 heterocycles. The lowest BCUT2D eigenvalue weighted by molar-refractivity contribution is 0.0941. The highest BCUT2D eigenvalue weighted by Crippen LogP contribution is 2.34. The van der Waals surface area contributed by atoms with E-state index in [0.717, 1.165) is 22.0 Å². The van der Waals surface area contributed by atoms with Gasteiger partial charge in [-0.1, -0.05) is 48.5 Å². The predicted molar refractivity (Wildman–Crippen MR) is 123 cm³/mol. The Kier molecular flexibility index (Phi) is 5.85. The summed E-state index contributed by atoms with van der Waals surface area (Å²) in [5, 5.41) is 3.91. The second kappa shape index (κ2) is 8.88. The fourth-order valence-corrected chi connectivity index (χ4v) is 3.61. The van der Waals surface area contributed by atoms with E-state index in [2.05, 4.69) is 5.32 Å². The molecule has 5 nitrogen and oxygen atoms in total. The number of ether oxygens (including phenoxy) is 2. The van der Waals surface area contributed by atoms with Crippen molar-refractivity contribution in [1.82, 2.24) is 10.3 Å². The largest absolute Gasteiger partial charge is 0.497 e. The second-order valence-electron chi connectivity index (χ2n) is 7.24. The monoisotopic (exact) mass is 412 g/mol. The van der Waals surface area contributed by atoms with Crippen molar-refractivity contribution in [2.24, 2.45) is 0 Å². The van der Waals surface area contributed by atoms with Crippen LogP contribution in [0.15, 0.2) is 78.9 Å². The maximum absolute atomic E-state index is 13.3. The first-order valence-corrected chi connectivity index (χ1v) is 10.1. The topological polar surface area (TPSA) is 60.5 Å². The Morgan fingerprint density at radius 3 is 2.39 bits per heavy atom. The predicted octanol–water partition coefficient (Wildman–Crippen LogP) is 5.41. The van der Waals surface area contributed by atoms with E-state index in [9.17, 15) is 4.79 Å². The van der Waals surface area contributed by atoms with E-state index >= 15 is 0 Å². The van der Waals surface area contributed by atoms with Gasteiger partial charge in [0.15, 0.2) is 0 Å². The van der Waals surface area contributed by atoms with Crippen molar-refractivity contribution in [3.8, 4) is 22.8 Å². The SMILES string of the molecule is COc1ccc(-c2cc(C(=O)N[C@@H](C)c3ccccc3)c3ccccc3n2)c(OC)c1. The summed E-state index contributed by atoms with van der Waals surface area (Å²) in [6.07, 6.45) is 0. The summed E-state index contributed by atoms with van der Waals surface area (Å²) < 4.78 is 10.9. The van der Waals surface area contributed by atoms with Gasteiger partial charge in [0.1, 0.15) is 11.5 Å². The highest BCUT2D eigenvalue weighted by Gasteiger charge is 2.18. The molecule has 4 aromatic rings.